The topological polar surface area (TPSA) is 81.2 Å². The zero-order valence-electron chi connectivity index (χ0n) is 11.2. The predicted molar refractivity (Wildman–Crippen MR) is 73.8 cm³/mol. The van der Waals surface area contributed by atoms with Crippen LogP contribution in [0.5, 0.6) is 0 Å². The number of nitro benzene ring substituents is 1. The fourth-order valence-corrected chi connectivity index (χ4v) is 2.01. The van der Waals surface area contributed by atoms with Gasteiger partial charge < -0.3 is 11.1 Å². The first-order valence-corrected chi connectivity index (χ1v) is 6.20. The van der Waals surface area contributed by atoms with E-state index in [9.17, 15) is 10.1 Å². The molecule has 5 heteroatoms. The van der Waals surface area contributed by atoms with Crippen molar-refractivity contribution in [2.75, 3.05) is 11.9 Å². The van der Waals surface area contributed by atoms with Crippen molar-refractivity contribution < 1.29 is 4.92 Å². The second kappa shape index (κ2) is 5.82. The van der Waals surface area contributed by atoms with E-state index < -0.39 is 0 Å². The summed E-state index contributed by atoms with van der Waals surface area (Å²) < 4.78 is 0. The van der Waals surface area contributed by atoms with Crippen LogP contribution < -0.4 is 11.1 Å². The Morgan fingerprint density at radius 2 is 1.94 bits per heavy atom. The van der Waals surface area contributed by atoms with Crippen molar-refractivity contribution in [2.24, 2.45) is 5.73 Å². The van der Waals surface area contributed by atoms with Crippen molar-refractivity contribution in [2.45, 2.75) is 39.2 Å². The molecule has 0 saturated heterocycles. The molecule has 0 radical (unpaired) electrons. The summed E-state index contributed by atoms with van der Waals surface area (Å²) in [5.41, 5.74) is 7.36. The van der Waals surface area contributed by atoms with Gasteiger partial charge in [-0.2, -0.15) is 0 Å². The summed E-state index contributed by atoms with van der Waals surface area (Å²) >= 11 is 0. The third-order valence-electron chi connectivity index (χ3n) is 3.43. The lowest BCUT2D eigenvalue weighted by molar-refractivity contribution is -0.384. The molecular formula is C13H21N3O2. The van der Waals surface area contributed by atoms with Gasteiger partial charge in [0.2, 0.25) is 0 Å². The smallest absolute Gasteiger partial charge is 0.271 e. The molecular weight excluding hydrogens is 230 g/mol. The highest BCUT2D eigenvalue weighted by Gasteiger charge is 2.24. The summed E-state index contributed by atoms with van der Waals surface area (Å²) in [6.45, 7) is 6.48. The molecule has 0 aliphatic heterocycles. The summed E-state index contributed by atoms with van der Waals surface area (Å²) in [6, 6.07) is 5.03. The first-order valence-electron chi connectivity index (χ1n) is 6.20. The molecule has 0 bridgehead atoms. The average molecular weight is 251 g/mol. The number of anilines is 1. The van der Waals surface area contributed by atoms with E-state index in [-0.39, 0.29) is 16.1 Å². The van der Waals surface area contributed by atoms with Crippen molar-refractivity contribution in [3.05, 3.63) is 33.9 Å². The number of nitrogens with two attached hydrogens (primary N) is 1. The molecule has 0 spiro atoms. The molecule has 0 unspecified atom stereocenters. The van der Waals surface area contributed by atoms with E-state index >= 15 is 0 Å². The van der Waals surface area contributed by atoms with Crippen molar-refractivity contribution >= 4 is 11.4 Å². The molecule has 0 amide bonds. The van der Waals surface area contributed by atoms with Crippen molar-refractivity contribution in [1.29, 1.82) is 0 Å². The molecule has 1 rings (SSSR count). The number of non-ortho nitro benzene ring substituents is 1. The average Bonchev–Trinajstić information content (AvgIpc) is 2.35. The van der Waals surface area contributed by atoms with Crippen LogP contribution in [-0.4, -0.2) is 17.0 Å². The number of aryl methyl sites for hydroxylation is 1. The molecule has 0 fully saturated rings. The highest BCUT2D eigenvalue weighted by atomic mass is 16.6. The fraction of sp³-hybridized carbons (Fsp3) is 0.538. The predicted octanol–water partition coefficient (Wildman–Crippen LogP) is 2.83. The molecule has 0 aliphatic rings. The van der Waals surface area contributed by atoms with Gasteiger partial charge in [0.1, 0.15) is 0 Å². The highest BCUT2D eigenvalue weighted by Crippen LogP contribution is 2.26. The molecule has 0 atom stereocenters. The number of hydrogen-bond donors (Lipinski definition) is 2. The molecule has 3 N–H and O–H groups in total. The largest absolute Gasteiger partial charge is 0.378 e. The number of rotatable bonds is 6. The highest BCUT2D eigenvalue weighted by molar-refractivity contribution is 5.55. The normalized spacial score (nSPS) is 11.3. The zero-order valence-corrected chi connectivity index (χ0v) is 11.2. The van der Waals surface area contributed by atoms with E-state index in [0.29, 0.717) is 6.54 Å². The second-order valence-electron chi connectivity index (χ2n) is 4.63. The van der Waals surface area contributed by atoms with Crippen LogP contribution in [0.2, 0.25) is 0 Å². The van der Waals surface area contributed by atoms with E-state index in [2.05, 4.69) is 19.2 Å². The van der Waals surface area contributed by atoms with E-state index in [0.717, 1.165) is 24.1 Å². The fourth-order valence-electron chi connectivity index (χ4n) is 2.01. The standard InChI is InChI=1S/C13H21N3O2/c1-4-13(5-2,9-14)15-11-6-10(3)7-12(8-11)16(17)18/h6-8,15H,4-5,9,14H2,1-3H3. The maximum absolute atomic E-state index is 10.8. The van der Waals surface area contributed by atoms with Gasteiger partial charge in [-0.3, -0.25) is 10.1 Å². The first kappa shape index (κ1) is 14.4. The summed E-state index contributed by atoms with van der Waals surface area (Å²) in [5.74, 6) is 0. The summed E-state index contributed by atoms with van der Waals surface area (Å²) in [5, 5.41) is 14.2. The molecule has 1 aromatic rings. The van der Waals surface area contributed by atoms with Gasteiger partial charge >= 0.3 is 0 Å². The third kappa shape index (κ3) is 3.20. The van der Waals surface area contributed by atoms with Crippen molar-refractivity contribution in [1.82, 2.24) is 0 Å². The van der Waals surface area contributed by atoms with Gasteiger partial charge in [-0.15, -0.1) is 0 Å². The number of benzene rings is 1. The molecule has 0 saturated carbocycles. The Morgan fingerprint density at radius 1 is 1.33 bits per heavy atom. The van der Waals surface area contributed by atoms with Crippen LogP contribution in [0.1, 0.15) is 32.3 Å². The molecule has 18 heavy (non-hydrogen) atoms. The molecule has 100 valence electrons. The van der Waals surface area contributed by atoms with Gasteiger partial charge in [-0.25, -0.2) is 0 Å². The Labute approximate surface area is 108 Å². The Bertz CT molecular complexity index is 420. The molecule has 1 aromatic carbocycles. The van der Waals surface area contributed by atoms with Crippen LogP contribution in [-0.2, 0) is 0 Å². The van der Waals surface area contributed by atoms with E-state index in [1.54, 1.807) is 12.1 Å². The van der Waals surface area contributed by atoms with Gasteiger partial charge in [-0.1, -0.05) is 13.8 Å². The SMILES string of the molecule is CCC(CC)(CN)Nc1cc(C)cc([N+](=O)[O-])c1. The van der Waals surface area contributed by atoms with Crippen LogP contribution in [0.15, 0.2) is 18.2 Å². The van der Waals surface area contributed by atoms with E-state index in [1.807, 2.05) is 13.0 Å². The van der Waals surface area contributed by atoms with Crippen molar-refractivity contribution in [3.8, 4) is 0 Å². The lowest BCUT2D eigenvalue weighted by Gasteiger charge is -2.32. The van der Waals surface area contributed by atoms with E-state index in [4.69, 9.17) is 5.73 Å². The van der Waals surface area contributed by atoms with Crippen LogP contribution in [0.4, 0.5) is 11.4 Å². The molecule has 5 nitrogen and oxygen atoms in total. The second-order valence-corrected chi connectivity index (χ2v) is 4.63. The monoisotopic (exact) mass is 251 g/mol. The molecule has 0 aliphatic carbocycles. The Balaban J connectivity index is 3.06. The zero-order chi connectivity index (χ0) is 13.8. The van der Waals surface area contributed by atoms with Crippen LogP contribution >= 0.6 is 0 Å². The Morgan fingerprint density at radius 3 is 2.39 bits per heavy atom. The maximum atomic E-state index is 10.8. The minimum atomic E-state index is -0.375. The number of nitrogens with one attached hydrogen (secondary N) is 1. The van der Waals surface area contributed by atoms with Gasteiger partial charge in [0.05, 0.1) is 4.92 Å². The number of nitro groups is 1. The number of hydrogen-bond acceptors (Lipinski definition) is 4. The van der Waals surface area contributed by atoms with Gasteiger partial charge in [0, 0.05) is 29.9 Å². The Kier molecular flexibility index (Phi) is 4.67. The van der Waals surface area contributed by atoms with Gasteiger partial charge in [-0.05, 0) is 31.4 Å². The molecule has 0 aromatic heterocycles. The summed E-state index contributed by atoms with van der Waals surface area (Å²) in [4.78, 5) is 10.5. The lowest BCUT2D eigenvalue weighted by Crippen LogP contribution is -2.44. The van der Waals surface area contributed by atoms with E-state index in [1.165, 1.54) is 0 Å². The van der Waals surface area contributed by atoms with Crippen LogP contribution in [0.25, 0.3) is 0 Å². The first-order chi connectivity index (χ1) is 8.46. The third-order valence-corrected chi connectivity index (χ3v) is 3.43. The molecule has 0 heterocycles. The van der Waals surface area contributed by atoms with Crippen LogP contribution in [0.3, 0.4) is 0 Å². The minimum Gasteiger partial charge on any atom is -0.378 e. The van der Waals surface area contributed by atoms with Crippen molar-refractivity contribution in [3.63, 3.8) is 0 Å². The van der Waals surface area contributed by atoms with Gasteiger partial charge in [0.25, 0.3) is 5.69 Å². The summed E-state index contributed by atoms with van der Waals surface area (Å²) in [7, 11) is 0. The summed E-state index contributed by atoms with van der Waals surface area (Å²) in [6.07, 6.45) is 1.75. The quantitative estimate of drug-likeness (QED) is 0.601. The minimum absolute atomic E-state index is 0.107. The van der Waals surface area contributed by atoms with Crippen LogP contribution in [0, 0.1) is 17.0 Å². The Hall–Kier alpha value is -1.62. The number of nitrogens with zero attached hydrogens (tertiary/aromatic N) is 1. The lowest BCUT2D eigenvalue weighted by atomic mass is 9.92. The maximum Gasteiger partial charge on any atom is 0.271 e. The van der Waals surface area contributed by atoms with Gasteiger partial charge in [0.15, 0.2) is 0 Å².